The van der Waals surface area contributed by atoms with Crippen molar-refractivity contribution in [3.05, 3.63) is 29.8 Å². The fourth-order valence-electron chi connectivity index (χ4n) is 3.06. The van der Waals surface area contributed by atoms with Gasteiger partial charge in [-0.2, -0.15) is 0 Å². The summed E-state index contributed by atoms with van der Waals surface area (Å²) in [6.45, 7) is 0.743. The molecule has 2 rings (SSSR count). The molecular weight excluding hydrogens is 292 g/mol. The van der Waals surface area contributed by atoms with E-state index in [-0.39, 0.29) is 24.0 Å². The molecule has 1 aromatic carbocycles. The minimum atomic E-state index is -0.238. The van der Waals surface area contributed by atoms with Crippen LogP contribution in [0.1, 0.15) is 37.3 Å². The summed E-state index contributed by atoms with van der Waals surface area (Å²) in [6, 6.07) is 7.79. The summed E-state index contributed by atoms with van der Waals surface area (Å²) >= 11 is 0. The van der Waals surface area contributed by atoms with E-state index in [4.69, 9.17) is 4.74 Å². The number of methoxy groups -OCH3 is 1. The van der Waals surface area contributed by atoms with Gasteiger partial charge in [0.25, 0.3) is 0 Å². The minimum absolute atomic E-state index is 0.0151. The molecule has 23 heavy (non-hydrogen) atoms. The zero-order chi connectivity index (χ0) is 16.8. The lowest BCUT2D eigenvalue weighted by atomic mass is 9.86. The lowest BCUT2D eigenvalue weighted by molar-refractivity contribution is -0.127. The minimum Gasteiger partial charge on any atom is -0.497 e. The molecule has 0 radical (unpaired) electrons. The van der Waals surface area contributed by atoms with E-state index < -0.39 is 0 Å². The lowest BCUT2D eigenvalue weighted by Crippen LogP contribution is -2.40. The van der Waals surface area contributed by atoms with E-state index in [2.05, 4.69) is 10.2 Å². The zero-order valence-electron chi connectivity index (χ0n) is 14.3. The van der Waals surface area contributed by atoms with Gasteiger partial charge >= 0.3 is 0 Å². The molecule has 0 aliphatic heterocycles. The van der Waals surface area contributed by atoms with Crippen molar-refractivity contribution in [1.82, 2.24) is 10.2 Å². The van der Waals surface area contributed by atoms with Crippen LogP contribution < -0.4 is 10.1 Å². The molecule has 5 heteroatoms. The van der Waals surface area contributed by atoms with Crippen molar-refractivity contribution in [2.24, 2.45) is 5.92 Å². The third-order valence-corrected chi connectivity index (χ3v) is 4.45. The van der Waals surface area contributed by atoms with Gasteiger partial charge in [0, 0.05) is 12.5 Å². The summed E-state index contributed by atoms with van der Waals surface area (Å²) in [6.07, 6.45) is 2.74. The molecule has 1 aliphatic carbocycles. The number of carbonyl (C=O) groups excluding carboxylic acids is 1. The Kier molecular flexibility index (Phi) is 6.42. The summed E-state index contributed by atoms with van der Waals surface area (Å²) in [7, 11) is 5.64. The average Bonchev–Trinajstić information content (AvgIpc) is 2.54. The third kappa shape index (κ3) is 5.22. The first-order valence-electron chi connectivity index (χ1n) is 8.26. The van der Waals surface area contributed by atoms with Gasteiger partial charge in [-0.25, -0.2) is 0 Å². The number of nitrogens with zero attached hydrogens (tertiary/aromatic N) is 1. The summed E-state index contributed by atoms with van der Waals surface area (Å²) in [5.74, 6) is 0.922. The molecule has 1 saturated carbocycles. The predicted molar refractivity (Wildman–Crippen MR) is 90.4 cm³/mol. The Bertz CT molecular complexity index is 493. The Balaban J connectivity index is 2.03. The maximum Gasteiger partial charge on any atom is 0.223 e. The number of rotatable bonds is 6. The number of amides is 1. The van der Waals surface area contributed by atoms with Gasteiger partial charge < -0.3 is 20.1 Å². The second-order valence-corrected chi connectivity index (χ2v) is 6.60. The van der Waals surface area contributed by atoms with Gasteiger partial charge in [-0.15, -0.1) is 0 Å². The van der Waals surface area contributed by atoms with Crippen LogP contribution in [0.25, 0.3) is 0 Å². The fourth-order valence-corrected chi connectivity index (χ4v) is 3.06. The van der Waals surface area contributed by atoms with E-state index in [9.17, 15) is 9.90 Å². The van der Waals surface area contributed by atoms with Crippen LogP contribution in [0, 0.1) is 5.92 Å². The number of ether oxygens (including phenoxy) is 1. The number of aliphatic hydroxyl groups excluding tert-OH is 1. The molecule has 0 saturated heterocycles. The van der Waals surface area contributed by atoms with Crippen LogP contribution in [-0.4, -0.2) is 49.8 Å². The topological polar surface area (TPSA) is 61.8 Å². The molecule has 0 bridgehead atoms. The average molecular weight is 320 g/mol. The van der Waals surface area contributed by atoms with Crippen LogP contribution >= 0.6 is 0 Å². The summed E-state index contributed by atoms with van der Waals surface area (Å²) in [5, 5.41) is 12.8. The Morgan fingerprint density at radius 2 is 1.87 bits per heavy atom. The molecule has 1 aliphatic rings. The maximum absolute atomic E-state index is 12.6. The van der Waals surface area contributed by atoms with Crippen molar-refractivity contribution in [3.63, 3.8) is 0 Å². The molecule has 0 aromatic heterocycles. The Morgan fingerprint density at radius 3 is 2.39 bits per heavy atom. The monoisotopic (exact) mass is 320 g/mol. The molecule has 5 nitrogen and oxygen atoms in total. The SMILES string of the molecule is COc1ccc(C(CN(C)C)NC(=O)C2CCC(O)CC2)cc1. The van der Waals surface area contributed by atoms with Crippen molar-refractivity contribution in [1.29, 1.82) is 0 Å². The summed E-state index contributed by atoms with van der Waals surface area (Å²) < 4.78 is 5.19. The standard InChI is InChI=1S/C18H28N2O3/c1-20(2)12-17(13-6-10-16(23-3)11-7-13)19-18(22)14-4-8-15(21)9-5-14/h6-7,10-11,14-15,17,21H,4-5,8-9,12H2,1-3H3,(H,19,22). The van der Waals surface area contributed by atoms with Crippen molar-refractivity contribution >= 4 is 5.91 Å². The maximum atomic E-state index is 12.6. The van der Waals surface area contributed by atoms with Crippen molar-refractivity contribution in [3.8, 4) is 5.75 Å². The molecular formula is C18H28N2O3. The van der Waals surface area contributed by atoms with Gasteiger partial charge in [-0.05, 0) is 57.5 Å². The molecule has 0 heterocycles. The summed E-state index contributed by atoms with van der Waals surface area (Å²) in [5.41, 5.74) is 1.07. The van der Waals surface area contributed by atoms with Crippen molar-refractivity contribution in [2.75, 3.05) is 27.7 Å². The second-order valence-electron chi connectivity index (χ2n) is 6.60. The first kappa shape index (κ1) is 17.8. The smallest absolute Gasteiger partial charge is 0.223 e. The van der Waals surface area contributed by atoms with Crippen LogP contribution in [0.2, 0.25) is 0 Å². The van der Waals surface area contributed by atoms with E-state index >= 15 is 0 Å². The Hall–Kier alpha value is -1.59. The van der Waals surface area contributed by atoms with Crippen LogP contribution in [0.3, 0.4) is 0 Å². The highest BCUT2D eigenvalue weighted by Crippen LogP contribution is 2.26. The quantitative estimate of drug-likeness (QED) is 0.841. The number of benzene rings is 1. The Morgan fingerprint density at radius 1 is 1.26 bits per heavy atom. The number of likely N-dealkylation sites (N-methyl/N-ethyl adjacent to an activating group) is 1. The van der Waals surface area contributed by atoms with Gasteiger partial charge in [0.1, 0.15) is 5.75 Å². The highest BCUT2D eigenvalue weighted by molar-refractivity contribution is 5.79. The van der Waals surface area contributed by atoms with Gasteiger partial charge in [0.05, 0.1) is 19.3 Å². The van der Waals surface area contributed by atoms with E-state index in [1.165, 1.54) is 0 Å². The molecule has 1 aromatic rings. The van der Waals surface area contributed by atoms with Crippen LogP contribution in [0.4, 0.5) is 0 Å². The van der Waals surface area contributed by atoms with Crippen molar-refractivity contribution < 1.29 is 14.6 Å². The molecule has 1 atom stereocenters. The largest absolute Gasteiger partial charge is 0.497 e. The highest BCUT2D eigenvalue weighted by Gasteiger charge is 2.27. The Labute approximate surface area is 138 Å². The van der Waals surface area contributed by atoms with E-state index in [1.54, 1.807) is 7.11 Å². The normalized spacial score (nSPS) is 22.7. The number of carbonyl (C=O) groups is 1. The van der Waals surface area contributed by atoms with Crippen LogP contribution in [-0.2, 0) is 4.79 Å². The molecule has 0 spiro atoms. The van der Waals surface area contributed by atoms with E-state index in [0.717, 1.165) is 43.5 Å². The number of aliphatic hydroxyl groups is 1. The number of hydrogen-bond donors (Lipinski definition) is 2. The highest BCUT2D eigenvalue weighted by atomic mass is 16.5. The van der Waals surface area contributed by atoms with Gasteiger partial charge in [-0.3, -0.25) is 4.79 Å². The molecule has 1 fully saturated rings. The molecule has 1 unspecified atom stereocenters. The van der Waals surface area contributed by atoms with Gasteiger partial charge in [0.15, 0.2) is 0 Å². The molecule has 128 valence electrons. The second kappa shape index (κ2) is 8.31. The fraction of sp³-hybridized carbons (Fsp3) is 0.611. The summed E-state index contributed by atoms with van der Waals surface area (Å²) in [4.78, 5) is 14.6. The van der Waals surface area contributed by atoms with E-state index in [0.29, 0.717) is 0 Å². The number of hydrogen-bond acceptors (Lipinski definition) is 4. The van der Waals surface area contributed by atoms with Crippen LogP contribution in [0.5, 0.6) is 5.75 Å². The molecule has 1 amide bonds. The van der Waals surface area contributed by atoms with Gasteiger partial charge in [-0.1, -0.05) is 12.1 Å². The van der Waals surface area contributed by atoms with Crippen LogP contribution in [0.15, 0.2) is 24.3 Å². The predicted octanol–water partition coefficient (Wildman–Crippen LogP) is 1.97. The molecule has 2 N–H and O–H groups in total. The first-order chi connectivity index (χ1) is 11.0. The first-order valence-corrected chi connectivity index (χ1v) is 8.26. The van der Waals surface area contributed by atoms with Crippen molar-refractivity contribution in [2.45, 2.75) is 37.8 Å². The van der Waals surface area contributed by atoms with E-state index in [1.807, 2.05) is 38.4 Å². The lowest BCUT2D eigenvalue weighted by Gasteiger charge is -2.28. The zero-order valence-corrected chi connectivity index (χ0v) is 14.3. The third-order valence-electron chi connectivity index (χ3n) is 4.45. The van der Waals surface area contributed by atoms with Gasteiger partial charge in [0.2, 0.25) is 5.91 Å². The number of nitrogens with one attached hydrogen (secondary N) is 1.